The third-order valence-corrected chi connectivity index (χ3v) is 10.2. The van der Waals surface area contributed by atoms with Gasteiger partial charge in [-0.05, 0) is 96.0 Å². The monoisotopic (exact) mass is 651 g/mol. The number of hydrogen-bond donors (Lipinski definition) is 1. The van der Waals surface area contributed by atoms with E-state index in [2.05, 4.69) is 10.2 Å². The molecule has 0 aliphatic carbocycles. The van der Waals surface area contributed by atoms with Crippen molar-refractivity contribution in [1.29, 1.82) is 0 Å². The molecule has 5 rings (SSSR count). The number of ether oxygens (including phenoxy) is 1. The Labute approximate surface area is 268 Å². The SMILES string of the molecule is Cc1c(Cl)cc(C(=O)N2CCC3(CCN(CC4CCN(C(=O)OC(C)(C)C)CC4(F)F)CC3)CC2)cc1N1CCC(=O)NC1=O. The van der Waals surface area contributed by atoms with E-state index in [0.29, 0.717) is 41.5 Å². The highest BCUT2D eigenvalue weighted by Crippen LogP contribution is 2.43. The first-order chi connectivity index (χ1) is 21.1. The van der Waals surface area contributed by atoms with Gasteiger partial charge in [-0.2, -0.15) is 0 Å². The molecule has 1 unspecified atom stereocenters. The van der Waals surface area contributed by atoms with Crippen molar-refractivity contribution in [1.82, 2.24) is 20.0 Å². The number of hydrogen-bond acceptors (Lipinski definition) is 6. The maximum atomic E-state index is 15.1. The highest BCUT2D eigenvalue weighted by atomic mass is 35.5. The molecule has 10 nitrogen and oxygen atoms in total. The number of urea groups is 1. The highest BCUT2D eigenvalue weighted by molar-refractivity contribution is 6.32. The van der Waals surface area contributed by atoms with Crippen LogP contribution in [0.1, 0.15) is 75.2 Å². The minimum Gasteiger partial charge on any atom is -0.444 e. The fraction of sp³-hybridized carbons (Fsp3) is 0.688. The fourth-order valence-electron chi connectivity index (χ4n) is 6.94. The average molecular weight is 652 g/mol. The number of amides is 5. The van der Waals surface area contributed by atoms with Gasteiger partial charge in [-0.15, -0.1) is 0 Å². The van der Waals surface area contributed by atoms with Crippen LogP contribution in [0.4, 0.5) is 24.1 Å². The first-order valence-corrected chi connectivity index (χ1v) is 16.2. The Kier molecular flexibility index (Phi) is 9.39. The summed E-state index contributed by atoms with van der Waals surface area (Å²) in [6.07, 6.45) is 3.16. The van der Waals surface area contributed by atoms with Gasteiger partial charge < -0.3 is 19.4 Å². The molecule has 248 valence electrons. The Hall–Kier alpha value is -2.99. The van der Waals surface area contributed by atoms with Gasteiger partial charge >= 0.3 is 12.1 Å². The van der Waals surface area contributed by atoms with Crippen LogP contribution in [0.5, 0.6) is 0 Å². The number of carbonyl (C=O) groups excluding carboxylic acids is 4. The molecule has 0 aromatic heterocycles. The summed E-state index contributed by atoms with van der Waals surface area (Å²) in [5.74, 6) is -4.28. The van der Waals surface area contributed by atoms with Crippen LogP contribution >= 0.6 is 11.6 Å². The molecule has 4 aliphatic rings. The zero-order valence-electron chi connectivity index (χ0n) is 26.6. The lowest BCUT2D eigenvalue weighted by Crippen LogP contribution is -2.55. The summed E-state index contributed by atoms with van der Waals surface area (Å²) in [6.45, 7) is 9.73. The van der Waals surface area contributed by atoms with Crippen molar-refractivity contribution in [2.45, 2.75) is 77.7 Å². The molecule has 4 saturated heterocycles. The molecule has 4 aliphatic heterocycles. The number of halogens is 3. The Morgan fingerprint density at radius 2 is 1.64 bits per heavy atom. The molecular formula is C32H44ClF2N5O5. The van der Waals surface area contributed by atoms with Crippen LogP contribution in [0.25, 0.3) is 0 Å². The Balaban J connectivity index is 1.13. The molecule has 4 heterocycles. The summed E-state index contributed by atoms with van der Waals surface area (Å²) in [6, 6.07) is 2.78. The number of anilines is 1. The average Bonchev–Trinajstić information content (AvgIpc) is 2.96. The van der Waals surface area contributed by atoms with Crippen LogP contribution in [0, 0.1) is 18.3 Å². The first kappa shape index (κ1) is 33.4. The number of imide groups is 1. The summed E-state index contributed by atoms with van der Waals surface area (Å²) in [5.41, 5.74) is 0.912. The second-order valence-electron chi connectivity index (χ2n) is 14.1. The second kappa shape index (κ2) is 12.7. The number of carbonyl (C=O) groups is 4. The summed E-state index contributed by atoms with van der Waals surface area (Å²) >= 11 is 6.49. The minimum absolute atomic E-state index is 0.0738. The number of benzene rings is 1. The van der Waals surface area contributed by atoms with Crippen LogP contribution in [-0.4, -0.2) is 103 Å². The predicted octanol–water partition coefficient (Wildman–Crippen LogP) is 5.31. The number of nitrogens with zero attached hydrogens (tertiary/aromatic N) is 4. The molecule has 45 heavy (non-hydrogen) atoms. The molecular weight excluding hydrogens is 608 g/mol. The zero-order valence-corrected chi connectivity index (χ0v) is 27.4. The zero-order chi connectivity index (χ0) is 32.7. The standard InChI is InChI=1S/C32H44ClF2N5O5/c1-21-24(33)17-22(18-25(21)40-12-6-26(41)36-28(40)43)27(42)38-15-9-31(10-16-38)7-13-37(14-8-31)19-23-5-11-39(20-32(23,34)35)29(44)45-30(2,3)4/h17-18,23H,5-16,19-20H2,1-4H3,(H,36,41,43). The number of nitrogens with one attached hydrogen (secondary N) is 1. The molecule has 0 bridgehead atoms. The summed E-state index contributed by atoms with van der Waals surface area (Å²) in [7, 11) is 0. The van der Waals surface area contributed by atoms with E-state index in [9.17, 15) is 19.2 Å². The summed E-state index contributed by atoms with van der Waals surface area (Å²) in [5, 5.41) is 2.69. The number of alkyl halides is 2. The van der Waals surface area contributed by atoms with Gasteiger partial charge in [0.1, 0.15) is 5.60 Å². The van der Waals surface area contributed by atoms with E-state index in [1.54, 1.807) is 39.8 Å². The van der Waals surface area contributed by atoms with Gasteiger partial charge in [-0.25, -0.2) is 18.4 Å². The van der Waals surface area contributed by atoms with Gasteiger partial charge in [-0.3, -0.25) is 19.8 Å². The van der Waals surface area contributed by atoms with Crippen LogP contribution in [0.2, 0.25) is 5.02 Å². The molecule has 4 fully saturated rings. The number of likely N-dealkylation sites (tertiary alicyclic amines) is 3. The van der Waals surface area contributed by atoms with Crippen molar-refractivity contribution in [3.05, 3.63) is 28.3 Å². The second-order valence-corrected chi connectivity index (χ2v) is 14.5. The lowest BCUT2D eigenvalue weighted by atomic mass is 9.71. The van der Waals surface area contributed by atoms with E-state index in [1.807, 2.05) is 4.90 Å². The van der Waals surface area contributed by atoms with Gasteiger partial charge in [0.2, 0.25) is 5.91 Å². The predicted molar refractivity (Wildman–Crippen MR) is 166 cm³/mol. The Morgan fingerprint density at radius 3 is 2.24 bits per heavy atom. The molecule has 5 amide bonds. The Bertz CT molecular complexity index is 1330. The van der Waals surface area contributed by atoms with Crippen molar-refractivity contribution in [3.8, 4) is 0 Å². The lowest BCUT2D eigenvalue weighted by Gasteiger charge is -2.48. The van der Waals surface area contributed by atoms with E-state index in [4.69, 9.17) is 16.3 Å². The fourth-order valence-corrected chi connectivity index (χ4v) is 7.16. The van der Waals surface area contributed by atoms with Crippen LogP contribution in [0.3, 0.4) is 0 Å². The van der Waals surface area contributed by atoms with E-state index >= 15 is 8.78 Å². The van der Waals surface area contributed by atoms with Gasteiger partial charge in [-0.1, -0.05) is 11.6 Å². The lowest BCUT2D eigenvalue weighted by molar-refractivity contribution is -0.120. The summed E-state index contributed by atoms with van der Waals surface area (Å²) < 4.78 is 35.6. The van der Waals surface area contributed by atoms with Crippen LogP contribution < -0.4 is 10.2 Å². The summed E-state index contributed by atoms with van der Waals surface area (Å²) in [4.78, 5) is 56.5. The third-order valence-electron chi connectivity index (χ3n) is 9.81. The van der Waals surface area contributed by atoms with Crippen molar-refractivity contribution in [3.63, 3.8) is 0 Å². The largest absolute Gasteiger partial charge is 0.444 e. The van der Waals surface area contributed by atoms with Crippen molar-refractivity contribution >= 4 is 41.2 Å². The molecule has 1 atom stereocenters. The van der Waals surface area contributed by atoms with E-state index in [-0.39, 0.29) is 43.2 Å². The van der Waals surface area contributed by atoms with E-state index in [0.717, 1.165) is 43.7 Å². The maximum absolute atomic E-state index is 15.1. The molecule has 0 saturated carbocycles. The van der Waals surface area contributed by atoms with E-state index in [1.165, 1.54) is 4.90 Å². The van der Waals surface area contributed by atoms with Gasteiger partial charge in [0, 0.05) is 55.6 Å². The van der Waals surface area contributed by atoms with Crippen LogP contribution in [-0.2, 0) is 9.53 Å². The third kappa shape index (κ3) is 7.53. The van der Waals surface area contributed by atoms with Gasteiger partial charge in [0.15, 0.2) is 0 Å². The van der Waals surface area contributed by atoms with Gasteiger partial charge in [0.25, 0.3) is 11.8 Å². The number of rotatable bonds is 4. The maximum Gasteiger partial charge on any atom is 0.410 e. The molecule has 1 N–H and O–H groups in total. The molecule has 1 aromatic carbocycles. The molecule has 0 radical (unpaired) electrons. The van der Waals surface area contributed by atoms with E-state index < -0.39 is 36.1 Å². The van der Waals surface area contributed by atoms with Crippen molar-refractivity contribution in [2.24, 2.45) is 11.3 Å². The Morgan fingerprint density at radius 1 is 1.00 bits per heavy atom. The molecule has 1 spiro atoms. The smallest absolute Gasteiger partial charge is 0.410 e. The highest BCUT2D eigenvalue weighted by Gasteiger charge is 2.48. The van der Waals surface area contributed by atoms with Crippen molar-refractivity contribution in [2.75, 3.05) is 57.3 Å². The normalized spacial score (nSPS) is 24.1. The molecule has 13 heteroatoms. The quantitative estimate of drug-likeness (QED) is 0.474. The molecule has 1 aromatic rings. The number of piperidine rings is 3. The minimum atomic E-state index is -2.98. The van der Waals surface area contributed by atoms with Crippen molar-refractivity contribution < 1.29 is 32.7 Å². The first-order valence-electron chi connectivity index (χ1n) is 15.8. The van der Waals surface area contributed by atoms with Gasteiger partial charge in [0.05, 0.1) is 12.2 Å². The topological polar surface area (TPSA) is 102 Å². The van der Waals surface area contributed by atoms with Crippen LogP contribution in [0.15, 0.2) is 12.1 Å².